The Balaban J connectivity index is 2.01. The molecule has 132 valence electrons. The van der Waals surface area contributed by atoms with Gasteiger partial charge in [-0.05, 0) is 32.0 Å². The molecule has 0 spiro atoms. The number of pyridine rings is 1. The summed E-state index contributed by atoms with van der Waals surface area (Å²) in [5.41, 5.74) is 2.83. The van der Waals surface area contributed by atoms with Crippen LogP contribution in [0.4, 0.5) is 8.78 Å². The second-order valence-electron chi connectivity index (χ2n) is 6.01. The average molecular weight is 353 g/mol. The Kier molecular flexibility index (Phi) is 3.99. The number of rotatable bonds is 4. The van der Waals surface area contributed by atoms with Crippen LogP contribution in [-0.2, 0) is 6.54 Å². The van der Waals surface area contributed by atoms with Crippen LogP contribution >= 0.6 is 0 Å². The largest absolute Gasteiger partial charge is 0.272 e. The maximum atomic E-state index is 13.8. The number of hydrogen-bond acceptors (Lipinski definition) is 3. The fourth-order valence-corrected chi connectivity index (χ4v) is 3.06. The van der Waals surface area contributed by atoms with Gasteiger partial charge in [0.2, 0.25) is 0 Å². The van der Waals surface area contributed by atoms with Crippen LogP contribution in [-0.4, -0.2) is 24.5 Å². The molecule has 0 aliphatic carbocycles. The zero-order chi connectivity index (χ0) is 18.3. The summed E-state index contributed by atoms with van der Waals surface area (Å²) in [4.78, 5) is 4.65. The number of hydrogen-bond donors (Lipinski definition) is 0. The Hall–Kier alpha value is -3.09. The fourth-order valence-electron chi connectivity index (χ4n) is 3.06. The van der Waals surface area contributed by atoms with E-state index < -0.39 is 6.43 Å². The topological polar surface area (TPSA) is 48.5 Å². The number of fused-ring (bicyclic) bond motifs is 1. The van der Waals surface area contributed by atoms with Crippen molar-refractivity contribution in [2.24, 2.45) is 0 Å². The predicted molar refractivity (Wildman–Crippen MR) is 95.5 cm³/mol. The van der Waals surface area contributed by atoms with Gasteiger partial charge in [0, 0.05) is 23.9 Å². The molecule has 0 amide bonds. The van der Waals surface area contributed by atoms with Crippen molar-refractivity contribution in [3.8, 4) is 16.9 Å². The lowest BCUT2D eigenvalue weighted by molar-refractivity contribution is 0.153. The Morgan fingerprint density at radius 1 is 1.15 bits per heavy atom. The molecular formula is C19H17F2N5. The molecule has 0 radical (unpaired) electrons. The van der Waals surface area contributed by atoms with Gasteiger partial charge >= 0.3 is 0 Å². The van der Waals surface area contributed by atoms with Crippen molar-refractivity contribution in [1.82, 2.24) is 24.5 Å². The molecule has 3 heterocycles. The highest BCUT2D eigenvalue weighted by Crippen LogP contribution is 2.33. The molecule has 3 aromatic heterocycles. The van der Waals surface area contributed by atoms with E-state index in [9.17, 15) is 8.78 Å². The number of halogens is 2. The van der Waals surface area contributed by atoms with Crippen LogP contribution in [0.15, 0.2) is 48.8 Å². The second kappa shape index (κ2) is 6.33. The van der Waals surface area contributed by atoms with E-state index in [1.165, 1.54) is 6.07 Å². The Morgan fingerprint density at radius 3 is 2.58 bits per heavy atom. The van der Waals surface area contributed by atoms with Gasteiger partial charge in [0.25, 0.3) is 6.43 Å². The van der Waals surface area contributed by atoms with E-state index >= 15 is 0 Å². The van der Waals surface area contributed by atoms with Gasteiger partial charge in [-0.2, -0.15) is 10.2 Å². The van der Waals surface area contributed by atoms with Crippen LogP contribution in [0.25, 0.3) is 28.0 Å². The minimum Gasteiger partial charge on any atom is -0.272 e. The van der Waals surface area contributed by atoms with Gasteiger partial charge in [0.15, 0.2) is 5.65 Å². The third-order valence-electron chi connectivity index (χ3n) is 4.33. The van der Waals surface area contributed by atoms with Gasteiger partial charge in [-0.15, -0.1) is 0 Å². The van der Waals surface area contributed by atoms with Gasteiger partial charge in [-0.25, -0.2) is 18.4 Å². The third kappa shape index (κ3) is 2.65. The molecule has 7 heteroatoms. The van der Waals surface area contributed by atoms with Crippen molar-refractivity contribution in [2.75, 3.05) is 0 Å². The van der Waals surface area contributed by atoms with E-state index in [1.54, 1.807) is 28.7 Å². The SMILES string of the molecule is CCn1cc(-c2cc(C(F)F)c3c(C)nn(-c4ccccc4)c3n2)cn1. The predicted octanol–water partition coefficient (Wildman–Crippen LogP) is 4.55. The fraction of sp³-hybridized carbons (Fsp3) is 0.211. The highest BCUT2D eigenvalue weighted by atomic mass is 19.3. The maximum Gasteiger partial charge on any atom is 0.264 e. The molecule has 4 rings (SSSR count). The Bertz CT molecular complexity index is 1070. The monoisotopic (exact) mass is 353 g/mol. The number of alkyl halides is 2. The summed E-state index contributed by atoms with van der Waals surface area (Å²) in [6.45, 7) is 4.39. The zero-order valence-corrected chi connectivity index (χ0v) is 14.4. The first kappa shape index (κ1) is 16.4. The molecule has 0 saturated heterocycles. The van der Waals surface area contributed by atoms with Crippen LogP contribution in [0.1, 0.15) is 24.6 Å². The summed E-state index contributed by atoms with van der Waals surface area (Å²) in [6, 6.07) is 10.8. The van der Waals surface area contributed by atoms with Crippen molar-refractivity contribution >= 4 is 11.0 Å². The molecule has 0 saturated carbocycles. The molecule has 0 aliphatic heterocycles. The number of para-hydroxylation sites is 1. The Morgan fingerprint density at radius 2 is 1.92 bits per heavy atom. The van der Waals surface area contributed by atoms with Gasteiger partial charge < -0.3 is 0 Å². The van der Waals surface area contributed by atoms with Crippen molar-refractivity contribution < 1.29 is 8.78 Å². The highest BCUT2D eigenvalue weighted by molar-refractivity contribution is 5.86. The molecule has 0 N–H and O–H groups in total. The van der Waals surface area contributed by atoms with E-state index in [1.807, 2.05) is 37.3 Å². The zero-order valence-electron chi connectivity index (χ0n) is 14.4. The molecule has 0 bridgehead atoms. The van der Waals surface area contributed by atoms with Crippen molar-refractivity contribution in [3.05, 3.63) is 60.0 Å². The highest BCUT2D eigenvalue weighted by Gasteiger charge is 2.22. The number of nitrogens with zero attached hydrogens (tertiary/aromatic N) is 5. The molecule has 4 aromatic rings. The number of benzene rings is 1. The summed E-state index contributed by atoms with van der Waals surface area (Å²) >= 11 is 0. The van der Waals surface area contributed by atoms with Gasteiger partial charge in [0.1, 0.15) is 0 Å². The second-order valence-corrected chi connectivity index (χ2v) is 6.01. The molecule has 5 nitrogen and oxygen atoms in total. The molecule has 0 atom stereocenters. The first-order valence-electron chi connectivity index (χ1n) is 8.35. The molecule has 26 heavy (non-hydrogen) atoms. The summed E-state index contributed by atoms with van der Waals surface area (Å²) in [5.74, 6) is 0. The average Bonchev–Trinajstić information content (AvgIpc) is 3.26. The van der Waals surface area contributed by atoms with Crippen LogP contribution in [0.3, 0.4) is 0 Å². The van der Waals surface area contributed by atoms with E-state index in [0.29, 0.717) is 34.5 Å². The summed E-state index contributed by atoms with van der Waals surface area (Å²) < 4.78 is 30.9. The van der Waals surface area contributed by atoms with Crippen LogP contribution in [0.2, 0.25) is 0 Å². The minimum absolute atomic E-state index is 0.0612. The lowest BCUT2D eigenvalue weighted by Gasteiger charge is -2.07. The van der Waals surface area contributed by atoms with Crippen LogP contribution in [0, 0.1) is 6.92 Å². The first-order chi connectivity index (χ1) is 12.6. The standard InChI is InChI=1S/C19H17F2N5/c1-3-25-11-13(10-22-25)16-9-15(18(20)21)17-12(2)24-26(19(17)23-16)14-7-5-4-6-8-14/h4-11,18H,3H2,1-2H3. The summed E-state index contributed by atoms with van der Waals surface area (Å²) in [6.07, 6.45) is 0.829. The van der Waals surface area contributed by atoms with E-state index in [-0.39, 0.29) is 5.56 Å². The van der Waals surface area contributed by atoms with Crippen LogP contribution < -0.4 is 0 Å². The lowest BCUT2D eigenvalue weighted by atomic mass is 10.1. The number of aromatic nitrogens is 5. The molecular weight excluding hydrogens is 336 g/mol. The first-order valence-corrected chi connectivity index (χ1v) is 8.35. The van der Waals surface area contributed by atoms with Gasteiger partial charge in [0.05, 0.1) is 28.7 Å². The molecule has 0 aliphatic rings. The third-order valence-corrected chi connectivity index (χ3v) is 4.33. The van der Waals surface area contributed by atoms with E-state index in [0.717, 1.165) is 5.69 Å². The molecule has 0 fully saturated rings. The smallest absolute Gasteiger partial charge is 0.264 e. The Labute approximate surface area is 148 Å². The van der Waals surface area contributed by atoms with Crippen molar-refractivity contribution in [1.29, 1.82) is 0 Å². The van der Waals surface area contributed by atoms with Gasteiger partial charge in [-0.3, -0.25) is 4.68 Å². The normalized spacial score (nSPS) is 11.6. The van der Waals surface area contributed by atoms with Crippen molar-refractivity contribution in [3.63, 3.8) is 0 Å². The quantitative estimate of drug-likeness (QED) is 0.541. The van der Waals surface area contributed by atoms with E-state index in [2.05, 4.69) is 15.2 Å². The maximum absolute atomic E-state index is 13.8. The van der Waals surface area contributed by atoms with Crippen molar-refractivity contribution in [2.45, 2.75) is 26.8 Å². The lowest BCUT2D eigenvalue weighted by Crippen LogP contribution is -1.99. The summed E-state index contributed by atoms with van der Waals surface area (Å²) in [7, 11) is 0. The van der Waals surface area contributed by atoms with E-state index in [4.69, 9.17) is 0 Å². The summed E-state index contributed by atoms with van der Waals surface area (Å²) in [5, 5.41) is 9.08. The molecule has 1 aromatic carbocycles. The minimum atomic E-state index is -2.62. The number of aryl methyl sites for hydroxylation is 2. The van der Waals surface area contributed by atoms with Gasteiger partial charge in [-0.1, -0.05) is 18.2 Å². The molecule has 0 unspecified atom stereocenters. The van der Waals surface area contributed by atoms with Crippen LogP contribution in [0.5, 0.6) is 0 Å².